The Kier molecular flexibility index (Phi) is 5.70. The first kappa shape index (κ1) is 13.4. The van der Waals surface area contributed by atoms with E-state index >= 15 is 0 Å². The van der Waals surface area contributed by atoms with E-state index in [1.54, 1.807) is 6.92 Å². The summed E-state index contributed by atoms with van der Waals surface area (Å²) in [5.74, 6) is 0.255. The van der Waals surface area contributed by atoms with E-state index in [0.29, 0.717) is 6.42 Å². The van der Waals surface area contributed by atoms with Crippen LogP contribution >= 0.6 is 0 Å². The van der Waals surface area contributed by atoms with Crippen molar-refractivity contribution in [1.82, 2.24) is 0 Å². The number of hydrogen-bond donors (Lipinski definition) is 1. The molecule has 0 aromatic heterocycles. The summed E-state index contributed by atoms with van der Waals surface area (Å²) in [6.07, 6.45) is 5.73. The van der Waals surface area contributed by atoms with Gasteiger partial charge in [-0.2, -0.15) is 0 Å². The molecule has 0 aliphatic heterocycles. The van der Waals surface area contributed by atoms with Gasteiger partial charge in [0.25, 0.3) is 0 Å². The summed E-state index contributed by atoms with van der Waals surface area (Å²) in [6.45, 7) is 7.56. The van der Waals surface area contributed by atoms with E-state index in [0.717, 1.165) is 12.8 Å². The Labute approximate surface area is 87.0 Å². The second kappa shape index (κ2) is 5.97. The maximum atomic E-state index is 11.5. The van der Waals surface area contributed by atoms with Crippen molar-refractivity contribution in [1.29, 1.82) is 0 Å². The molecule has 0 radical (unpaired) electrons. The number of ketones is 1. The van der Waals surface area contributed by atoms with Gasteiger partial charge in [0.1, 0.15) is 5.78 Å². The largest absolute Gasteiger partial charge is 0.393 e. The maximum Gasteiger partial charge on any atom is 0.141 e. The number of rotatable bonds is 5. The summed E-state index contributed by atoms with van der Waals surface area (Å²) < 4.78 is 0. The van der Waals surface area contributed by atoms with Crippen molar-refractivity contribution in [2.24, 2.45) is 5.41 Å². The third kappa shape index (κ3) is 6.84. The Morgan fingerprint density at radius 2 is 1.93 bits per heavy atom. The van der Waals surface area contributed by atoms with Gasteiger partial charge in [-0.25, -0.2) is 0 Å². The topological polar surface area (TPSA) is 37.3 Å². The zero-order chi connectivity index (χ0) is 11.2. The first-order valence-electron chi connectivity index (χ1n) is 5.20. The molecule has 0 aliphatic carbocycles. The van der Waals surface area contributed by atoms with Crippen LogP contribution in [0.4, 0.5) is 0 Å². The fourth-order valence-electron chi connectivity index (χ4n) is 0.952. The van der Waals surface area contributed by atoms with E-state index in [2.05, 4.69) is 0 Å². The van der Waals surface area contributed by atoms with Crippen LogP contribution in [0, 0.1) is 5.41 Å². The number of allylic oxidation sites excluding steroid dienone is 2. The summed E-state index contributed by atoms with van der Waals surface area (Å²) in [5.41, 5.74) is -0.241. The van der Waals surface area contributed by atoms with Gasteiger partial charge in [-0.3, -0.25) is 4.79 Å². The molecule has 1 unspecified atom stereocenters. The van der Waals surface area contributed by atoms with E-state index in [9.17, 15) is 4.79 Å². The first-order chi connectivity index (χ1) is 6.34. The van der Waals surface area contributed by atoms with Crippen LogP contribution in [-0.2, 0) is 4.79 Å². The third-order valence-electron chi connectivity index (χ3n) is 2.06. The van der Waals surface area contributed by atoms with Crippen LogP contribution in [-0.4, -0.2) is 17.0 Å². The van der Waals surface area contributed by atoms with Gasteiger partial charge in [-0.15, -0.1) is 0 Å². The molecule has 0 spiro atoms. The van der Waals surface area contributed by atoms with Crippen LogP contribution in [0.25, 0.3) is 0 Å². The minimum Gasteiger partial charge on any atom is -0.393 e. The molecule has 0 heterocycles. The van der Waals surface area contributed by atoms with Crippen LogP contribution < -0.4 is 0 Å². The normalized spacial score (nSPS) is 14.6. The lowest BCUT2D eigenvalue weighted by Gasteiger charge is -2.14. The van der Waals surface area contributed by atoms with Gasteiger partial charge < -0.3 is 5.11 Å². The summed E-state index contributed by atoms with van der Waals surface area (Å²) in [7, 11) is 0. The second-order valence-corrected chi connectivity index (χ2v) is 4.78. The molecule has 0 aromatic rings. The molecule has 2 heteroatoms. The van der Waals surface area contributed by atoms with Crippen molar-refractivity contribution in [2.75, 3.05) is 0 Å². The Bertz CT molecular complexity index is 197. The van der Waals surface area contributed by atoms with Crippen molar-refractivity contribution >= 4 is 5.78 Å². The molecule has 0 fully saturated rings. The molecule has 0 bridgehead atoms. The lowest BCUT2D eigenvalue weighted by molar-refractivity contribution is -0.125. The predicted molar refractivity (Wildman–Crippen MR) is 59.1 cm³/mol. The fraction of sp³-hybridized carbons (Fsp3) is 0.750. The van der Waals surface area contributed by atoms with E-state index in [1.807, 2.05) is 32.9 Å². The molecule has 0 amide bonds. The minimum atomic E-state index is -0.252. The Morgan fingerprint density at radius 3 is 2.36 bits per heavy atom. The van der Waals surface area contributed by atoms with Crippen LogP contribution in [0.3, 0.4) is 0 Å². The van der Waals surface area contributed by atoms with E-state index in [4.69, 9.17) is 5.11 Å². The molecule has 0 saturated carbocycles. The molecule has 0 aromatic carbocycles. The molecule has 2 nitrogen and oxygen atoms in total. The Hall–Kier alpha value is -0.630. The van der Waals surface area contributed by atoms with Crippen LogP contribution in [0.5, 0.6) is 0 Å². The molecule has 0 rings (SSSR count). The summed E-state index contributed by atoms with van der Waals surface area (Å²) in [5, 5.41) is 8.99. The quantitative estimate of drug-likeness (QED) is 0.690. The Morgan fingerprint density at radius 1 is 1.36 bits per heavy atom. The number of aliphatic hydroxyl groups excluding tert-OH is 1. The maximum absolute atomic E-state index is 11.5. The highest BCUT2D eigenvalue weighted by Gasteiger charge is 2.18. The summed E-state index contributed by atoms with van der Waals surface area (Å²) >= 11 is 0. The van der Waals surface area contributed by atoms with Crippen molar-refractivity contribution in [3.8, 4) is 0 Å². The lowest BCUT2D eigenvalue weighted by atomic mass is 9.89. The van der Waals surface area contributed by atoms with Crippen LogP contribution in [0.1, 0.15) is 47.0 Å². The predicted octanol–water partition coefficient (Wildman–Crippen LogP) is 2.71. The minimum absolute atomic E-state index is 0.241. The molecular formula is C12H22O2. The number of Topliss-reactive ketones (excluding diaryl/α,β-unsaturated/α-hetero) is 1. The third-order valence-corrected chi connectivity index (χ3v) is 2.06. The number of carbonyl (C=O) groups is 1. The average molecular weight is 198 g/mol. The van der Waals surface area contributed by atoms with Crippen molar-refractivity contribution < 1.29 is 9.90 Å². The van der Waals surface area contributed by atoms with E-state index in [1.165, 1.54) is 0 Å². The number of hydrogen-bond acceptors (Lipinski definition) is 2. The molecule has 0 aliphatic rings. The second-order valence-electron chi connectivity index (χ2n) is 4.78. The zero-order valence-electron chi connectivity index (χ0n) is 9.71. The van der Waals surface area contributed by atoms with Crippen LogP contribution in [0.15, 0.2) is 12.2 Å². The highest BCUT2D eigenvalue weighted by molar-refractivity contribution is 5.84. The highest BCUT2D eigenvalue weighted by Crippen LogP contribution is 2.16. The number of carbonyl (C=O) groups excluding carboxylic acids is 1. The van der Waals surface area contributed by atoms with E-state index in [-0.39, 0.29) is 17.3 Å². The SMILES string of the molecule is CC(O)CC/C=C/CC(=O)C(C)(C)C. The van der Waals surface area contributed by atoms with Gasteiger partial charge in [-0.05, 0) is 19.8 Å². The zero-order valence-corrected chi connectivity index (χ0v) is 9.71. The van der Waals surface area contributed by atoms with Gasteiger partial charge in [0, 0.05) is 11.8 Å². The van der Waals surface area contributed by atoms with Gasteiger partial charge in [0.2, 0.25) is 0 Å². The lowest BCUT2D eigenvalue weighted by Crippen LogP contribution is -2.18. The number of aliphatic hydroxyl groups is 1. The average Bonchev–Trinajstić information content (AvgIpc) is 2.01. The first-order valence-corrected chi connectivity index (χ1v) is 5.20. The van der Waals surface area contributed by atoms with E-state index < -0.39 is 0 Å². The van der Waals surface area contributed by atoms with Crippen molar-refractivity contribution in [2.45, 2.75) is 53.1 Å². The Balaban J connectivity index is 3.68. The fourth-order valence-corrected chi connectivity index (χ4v) is 0.952. The van der Waals surface area contributed by atoms with Crippen molar-refractivity contribution in [3.05, 3.63) is 12.2 Å². The van der Waals surface area contributed by atoms with Gasteiger partial charge in [0.15, 0.2) is 0 Å². The smallest absolute Gasteiger partial charge is 0.141 e. The monoisotopic (exact) mass is 198 g/mol. The molecule has 82 valence electrons. The van der Waals surface area contributed by atoms with Gasteiger partial charge in [0.05, 0.1) is 6.10 Å². The van der Waals surface area contributed by atoms with Crippen molar-refractivity contribution in [3.63, 3.8) is 0 Å². The summed E-state index contributed by atoms with van der Waals surface area (Å²) in [4.78, 5) is 11.5. The molecular weight excluding hydrogens is 176 g/mol. The van der Waals surface area contributed by atoms with Gasteiger partial charge >= 0.3 is 0 Å². The highest BCUT2D eigenvalue weighted by atomic mass is 16.3. The molecule has 0 saturated heterocycles. The molecule has 14 heavy (non-hydrogen) atoms. The molecule has 1 atom stereocenters. The van der Waals surface area contributed by atoms with Crippen LogP contribution in [0.2, 0.25) is 0 Å². The summed E-state index contributed by atoms with van der Waals surface area (Å²) in [6, 6.07) is 0. The molecule has 1 N–H and O–H groups in total. The standard InChI is InChI=1S/C12H22O2/c1-10(13)8-6-5-7-9-11(14)12(2,3)4/h5,7,10,13H,6,8-9H2,1-4H3/b7-5+. The van der Waals surface area contributed by atoms with Gasteiger partial charge in [-0.1, -0.05) is 32.9 Å².